The van der Waals surface area contributed by atoms with E-state index in [9.17, 15) is 4.79 Å². The number of aromatic nitrogens is 1. The molecule has 1 N–H and O–H groups in total. The van der Waals surface area contributed by atoms with Crippen LogP contribution < -0.4 is 14.8 Å². The zero-order valence-electron chi connectivity index (χ0n) is 13.7. The number of hydrogen-bond donors (Lipinski definition) is 1. The Labute approximate surface area is 150 Å². The molecule has 0 atom stereocenters. The van der Waals surface area contributed by atoms with Crippen LogP contribution in [-0.2, 0) is 10.5 Å². The van der Waals surface area contributed by atoms with Crippen LogP contribution in [0.5, 0.6) is 11.5 Å². The maximum atomic E-state index is 11.5. The van der Waals surface area contributed by atoms with E-state index in [1.54, 1.807) is 43.4 Å². The Bertz CT molecular complexity index is 701. The first-order valence-electron chi connectivity index (χ1n) is 7.30. The highest BCUT2D eigenvalue weighted by molar-refractivity contribution is 7.99. The Kier molecular flexibility index (Phi) is 7.14. The summed E-state index contributed by atoms with van der Waals surface area (Å²) in [6.07, 6.45) is 1.67. The van der Waals surface area contributed by atoms with E-state index in [1.165, 1.54) is 0 Å². The molecule has 0 saturated heterocycles. The van der Waals surface area contributed by atoms with Crippen molar-refractivity contribution in [2.45, 2.75) is 5.75 Å². The van der Waals surface area contributed by atoms with Crippen molar-refractivity contribution >= 4 is 29.0 Å². The highest BCUT2D eigenvalue weighted by atomic mass is 32.2. The van der Waals surface area contributed by atoms with Gasteiger partial charge in [0, 0.05) is 23.2 Å². The molecule has 1 amide bonds. The molecule has 1 aromatic carbocycles. The zero-order chi connectivity index (χ0) is 17.4. The number of rotatable bonds is 9. The van der Waals surface area contributed by atoms with Crippen LogP contribution in [0.2, 0.25) is 0 Å². The summed E-state index contributed by atoms with van der Waals surface area (Å²) in [7, 11) is 3.23. The molecule has 0 aliphatic rings. The minimum Gasteiger partial charge on any atom is -0.493 e. The molecular weight excluding hydrogens is 344 g/mol. The van der Waals surface area contributed by atoms with Crippen LogP contribution in [0, 0.1) is 0 Å². The maximum Gasteiger partial charge on any atom is 0.230 e. The molecule has 0 fully saturated rings. The molecule has 1 heterocycles. The van der Waals surface area contributed by atoms with E-state index in [4.69, 9.17) is 9.47 Å². The molecule has 24 heavy (non-hydrogen) atoms. The molecule has 0 aliphatic carbocycles. The van der Waals surface area contributed by atoms with Crippen molar-refractivity contribution in [3.63, 3.8) is 0 Å². The Morgan fingerprint density at radius 1 is 1.38 bits per heavy atom. The van der Waals surface area contributed by atoms with E-state index in [0.29, 0.717) is 29.5 Å². The van der Waals surface area contributed by atoms with Crippen molar-refractivity contribution in [1.29, 1.82) is 0 Å². The number of nitrogens with one attached hydrogen (secondary N) is 1. The fourth-order valence-corrected chi connectivity index (χ4v) is 3.63. The lowest BCUT2D eigenvalue weighted by Gasteiger charge is -2.08. The highest BCUT2D eigenvalue weighted by Crippen LogP contribution is 2.33. The van der Waals surface area contributed by atoms with Gasteiger partial charge in [-0.3, -0.25) is 4.79 Å². The van der Waals surface area contributed by atoms with Gasteiger partial charge in [0.15, 0.2) is 11.5 Å². The van der Waals surface area contributed by atoms with Crippen LogP contribution in [-0.4, -0.2) is 37.4 Å². The second-order valence-electron chi connectivity index (χ2n) is 4.80. The maximum absolute atomic E-state index is 11.5. The number of carbonyl (C=O) groups is 1. The van der Waals surface area contributed by atoms with Crippen molar-refractivity contribution in [2.75, 3.05) is 26.5 Å². The monoisotopic (exact) mass is 364 g/mol. The smallest absolute Gasteiger partial charge is 0.230 e. The predicted octanol–water partition coefficient (Wildman–Crippen LogP) is 3.36. The lowest BCUT2D eigenvalue weighted by molar-refractivity contribution is -0.118. The molecule has 0 spiro atoms. The summed E-state index contributed by atoms with van der Waals surface area (Å²) in [4.78, 5) is 16.2. The number of thiazole rings is 1. The van der Waals surface area contributed by atoms with Crippen LogP contribution >= 0.6 is 23.1 Å². The fraction of sp³-hybridized carbons (Fsp3) is 0.294. The number of thioether (sulfide) groups is 1. The molecule has 128 valence electrons. The topological polar surface area (TPSA) is 60.5 Å². The number of carbonyl (C=O) groups excluding carboxylic acids is 1. The molecule has 0 saturated carbocycles. The Hall–Kier alpha value is -1.99. The number of benzene rings is 1. The van der Waals surface area contributed by atoms with Gasteiger partial charge in [0.25, 0.3) is 0 Å². The minimum atomic E-state index is 0.00949. The normalized spacial score (nSPS) is 10.2. The summed E-state index contributed by atoms with van der Waals surface area (Å²) in [5.41, 5.74) is 1.95. The van der Waals surface area contributed by atoms with Crippen LogP contribution in [0.25, 0.3) is 10.6 Å². The van der Waals surface area contributed by atoms with Crippen molar-refractivity contribution in [3.05, 3.63) is 41.9 Å². The average molecular weight is 364 g/mol. The minimum absolute atomic E-state index is 0.00949. The molecule has 1 aromatic heterocycles. The SMILES string of the molecule is C=CCNC(=O)CSCc1csc(-c2ccc(OC)c(OC)c2)n1. The molecule has 7 heteroatoms. The van der Waals surface area contributed by atoms with Crippen LogP contribution in [0.4, 0.5) is 0 Å². The summed E-state index contributed by atoms with van der Waals surface area (Å²) >= 11 is 3.11. The largest absolute Gasteiger partial charge is 0.493 e. The van der Waals surface area contributed by atoms with Crippen molar-refractivity contribution < 1.29 is 14.3 Å². The third-order valence-electron chi connectivity index (χ3n) is 3.11. The molecule has 0 unspecified atom stereocenters. The van der Waals surface area contributed by atoms with Gasteiger partial charge in [-0.15, -0.1) is 29.7 Å². The van der Waals surface area contributed by atoms with Gasteiger partial charge in [-0.05, 0) is 18.2 Å². The molecule has 5 nitrogen and oxygen atoms in total. The molecule has 0 bridgehead atoms. The van der Waals surface area contributed by atoms with Gasteiger partial charge >= 0.3 is 0 Å². The van der Waals surface area contributed by atoms with Crippen LogP contribution in [0.1, 0.15) is 5.69 Å². The Morgan fingerprint density at radius 3 is 2.88 bits per heavy atom. The van der Waals surface area contributed by atoms with Crippen molar-refractivity contribution in [3.8, 4) is 22.1 Å². The third-order valence-corrected chi connectivity index (χ3v) is 5.02. The average Bonchev–Trinajstić information content (AvgIpc) is 3.08. The molecule has 0 aliphatic heterocycles. The van der Waals surface area contributed by atoms with E-state index < -0.39 is 0 Å². The molecule has 0 radical (unpaired) electrons. The van der Waals surface area contributed by atoms with Gasteiger partial charge in [-0.1, -0.05) is 6.08 Å². The summed E-state index contributed by atoms with van der Waals surface area (Å²) in [5, 5.41) is 5.69. The number of nitrogens with zero attached hydrogens (tertiary/aromatic N) is 1. The number of ether oxygens (including phenoxy) is 2. The van der Waals surface area contributed by atoms with Crippen LogP contribution in [0.15, 0.2) is 36.2 Å². The van der Waals surface area contributed by atoms with E-state index in [0.717, 1.165) is 16.3 Å². The summed E-state index contributed by atoms with van der Waals surface area (Å²) < 4.78 is 10.6. The molecular formula is C17H20N2O3S2. The van der Waals surface area contributed by atoms with Crippen LogP contribution in [0.3, 0.4) is 0 Å². The summed E-state index contributed by atoms with van der Waals surface area (Å²) in [6, 6.07) is 5.74. The van der Waals surface area contributed by atoms with Crippen molar-refractivity contribution in [1.82, 2.24) is 10.3 Å². The Morgan fingerprint density at radius 2 is 2.17 bits per heavy atom. The lowest BCUT2D eigenvalue weighted by atomic mass is 10.2. The zero-order valence-corrected chi connectivity index (χ0v) is 15.3. The van der Waals surface area contributed by atoms with Gasteiger partial charge in [-0.2, -0.15) is 0 Å². The fourth-order valence-electron chi connectivity index (χ4n) is 1.96. The predicted molar refractivity (Wildman–Crippen MR) is 100 cm³/mol. The van der Waals surface area contributed by atoms with Crippen molar-refractivity contribution in [2.24, 2.45) is 0 Å². The van der Waals surface area contributed by atoms with E-state index in [-0.39, 0.29) is 5.91 Å². The number of amides is 1. The molecule has 2 aromatic rings. The third kappa shape index (κ3) is 5.01. The quantitative estimate of drug-likeness (QED) is 0.692. The van der Waals surface area contributed by atoms with Gasteiger partial charge in [-0.25, -0.2) is 4.98 Å². The highest BCUT2D eigenvalue weighted by Gasteiger charge is 2.10. The summed E-state index contributed by atoms with van der Waals surface area (Å²) in [6.45, 7) is 4.07. The van der Waals surface area contributed by atoms with E-state index in [2.05, 4.69) is 16.9 Å². The standard InChI is InChI=1S/C17H20N2O3S2/c1-4-7-18-16(20)11-23-9-13-10-24-17(19-13)12-5-6-14(21-2)15(8-12)22-3/h4-6,8,10H,1,7,9,11H2,2-3H3,(H,18,20). The first-order chi connectivity index (χ1) is 11.7. The second kappa shape index (κ2) is 9.34. The van der Waals surface area contributed by atoms with Gasteiger partial charge in [0.1, 0.15) is 5.01 Å². The Balaban J connectivity index is 1.95. The molecule has 2 rings (SSSR count). The first kappa shape index (κ1) is 18.4. The number of methoxy groups -OCH3 is 2. The second-order valence-corrected chi connectivity index (χ2v) is 6.64. The van der Waals surface area contributed by atoms with E-state index in [1.807, 2.05) is 23.6 Å². The summed E-state index contributed by atoms with van der Waals surface area (Å²) in [5.74, 6) is 2.50. The lowest BCUT2D eigenvalue weighted by Crippen LogP contribution is -2.24. The first-order valence-corrected chi connectivity index (χ1v) is 9.33. The van der Waals surface area contributed by atoms with Gasteiger partial charge in [0.05, 0.1) is 25.7 Å². The van der Waals surface area contributed by atoms with Gasteiger partial charge < -0.3 is 14.8 Å². The van der Waals surface area contributed by atoms with E-state index >= 15 is 0 Å². The number of hydrogen-bond acceptors (Lipinski definition) is 6. The van der Waals surface area contributed by atoms with Gasteiger partial charge in [0.2, 0.25) is 5.91 Å².